The number of amides is 1. The van der Waals surface area contributed by atoms with Crippen LogP contribution in [-0.2, 0) is 0 Å². The van der Waals surface area contributed by atoms with E-state index in [1.165, 1.54) is 4.90 Å². The van der Waals surface area contributed by atoms with Gasteiger partial charge in [0, 0.05) is 18.7 Å². The van der Waals surface area contributed by atoms with Crippen LogP contribution in [0.2, 0.25) is 0 Å². The van der Waals surface area contributed by atoms with Gasteiger partial charge in [0.15, 0.2) is 11.6 Å². The number of rotatable bonds is 2. The number of benzene rings is 1. The van der Waals surface area contributed by atoms with Crippen LogP contribution in [0.3, 0.4) is 0 Å². The molecular formula is C11H9F4NO. The monoisotopic (exact) mass is 247 g/mol. The zero-order chi connectivity index (χ0) is 12.6. The molecule has 0 atom stereocenters. The van der Waals surface area contributed by atoms with E-state index in [0.29, 0.717) is 0 Å². The maximum absolute atomic E-state index is 12.9. The van der Waals surface area contributed by atoms with Crippen LogP contribution in [0.15, 0.2) is 18.2 Å². The predicted molar refractivity (Wildman–Crippen MR) is 51.8 cm³/mol. The van der Waals surface area contributed by atoms with Crippen molar-refractivity contribution < 1.29 is 22.4 Å². The summed E-state index contributed by atoms with van der Waals surface area (Å²) in [7, 11) is 0. The molecule has 1 aromatic rings. The first kappa shape index (κ1) is 11.9. The summed E-state index contributed by atoms with van der Waals surface area (Å²) < 4.78 is 49.9. The zero-order valence-corrected chi connectivity index (χ0v) is 8.67. The minimum absolute atomic E-state index is 0.0309. The van der Waals surface area contributed by atoms with Crippen molar-refractivity contribution in [3.05, 3.63) is 35.4 Å². The molecule has 1 aromatic carbocycles. The van der Waals surface area contributed by atoms with E-state index in [4.69, 9.17) is 0 Å². The molecule has 1 saturated heterocycles. The lowest BCUT2D eigenvalue weighted by Gasteiger charge is -2.38. The summed E-state index contributed by atoms with van der Waals surface area (Å²) >= 11 is 0. The second-order valence-corrected chi connectivity index (χ2v) is 3.93. The van der Waals surface area contributed by atoms with Crippen molar-refractivity contribution in [1.29, 1.82) is 0 Å². The molecule has 2 rings (SSSR count). The van der Waals surface area contributed by atoms with Crippen molar-refractivity contribution in [2.75, 3.05) is 13.1 Å². The molecule has 1 aliphatic heterocycles. The highest BCUT2D eigenvalue weighted by Crippen LogP contribution is 2.24. The Balaban J connectivity index is 2.04. The number of hydrogen-bond acceptors (Lipinski definition) is 1. The van der Waals surface area contributed by atoms with Gasteiger partial charge in [-0.15, -0.1) is 0 Å². The van der Waals surface area contributed by atoms with Gasteiger partial charge in [-0.25, -0.2) is 17.6 Å². The summed E-state index contributed by atoms with van der Waals surface area (Å²) in [4.78, 5) is 12.8. The average Bonchev–Trinajstić information content (AvgIpc) is 2.19. The van der Waals surface area contributed by atoms with E-state index in [1.807, 2.05) is 0 Å². The van der Waals surface area contributed by atoms with Crippen LogP contribution in [-0.4, -0.2) is 30.3 Å². The van der Waals surface area contributed by atoms with Crippen LogP contribution in [0.25, 0.3) is 0 Å². The SMILES string of the molecule is O=C(c1ccc(F)c(F)c1)N1CC(C(F)F)C1. The van der Waals surface area contributed by atoms with Gasteiger partial charge in [0.2, 0.25) is 6.43 Å². The van der Waals surface area contributed by atoms with Gasteiger partial charge in [-0.1, -0.05) is 0 Å². The third-order valence-electron chi connectivity index (χ3n) is 2.72. The van der Waals surface area contributed by atoms with Crippen molar-refractivity contribution in [3.8, 4) is 0 Å². The number of nitrogens with zero attached hydrogens (tertiary/aromatic N) is 1. The first-order valence-electron chi connectivity index (χ1n) is 5.01. The summed E-state index contributed by atoms with van der Waals surface area (Å²) in [5, 5.41) is 0. The lowest BCUT2D eigenvalue weighted by molar-refractivity contribution is -0.0152. The topological polar surface area (TPSA) is 20.3 Å². The van der Waals surface area contributed by atoms with Crippen molar-refractivity contribution >= 4 is 5.91 Å². The molecule has 2 nitrogen and oxygen atoms in total. The van der Waals surface area contributed by atoms with E-state index in [1.54, 1.807) is 0 Å². The minimum Gasteiger partial charge on any atom is -0.338 e. The van der Waals surface area contributed by atoms with Crippen molar-refractivity contribution in [1.82, 2.24) is 4.90 Å². The molecule has 0 unspecified atom stereocenters. The summed E-state index contributed by atoms with van der Waals surface area (Å²) in [6, 6.07) is 2.75. The maximum atomic E-state index is 12.9. The normalized spacial score (nSPS) is 16.2. The number of carbonyl (C=O) groups excluding carboxylic acids is 1. The molecule has 0 N–H and O–H groups in total. The van der Waals surface area contributed by atoms with Gasteiger partial charge in [0.25, 0.3) is 5.91 Å². The molecule has 0 bridgehead atoms. The van der Waals surface area contributed by atoms with Crippen molar-refractivity contribution in [3.63, 3.8) is 0 Å². The fourth-order valence-corrected chi connectivity index (χ4v) is 1.65. The Morgan fingerprint density at radius 2 is 1.88 bits per heavy atom. The number of hydrogen-bond donors (Lipinski definition) is 0. The number of alkyl halides is 2. The Kier molecular flexibility index (Phi) is 3.04. The molecule has 1 amide bonds. The maximum Gasteiger partial charge on any atom is 0.253 e. The quantitative estimate of drug-likeness (QED) is 0.734. The standard InChI is InChI=1S/C11H9F4NO/c12-8-2-1-6(3-9(8)13)11(17)16-4-7(5-16)10(14)15/h1-3,7,10H,4-5H2. The highest BCUT2D eigenvalue weighted by Gasteiger charge is 2.37. The van der Waals surface area contributed by atoms with Crippen molar-refractivity contribution in [2.45, 2.75) is 6.43 Å². The Hall–Kier alpha value is -1.59. The molecule has 92 valence electrons. The molecule has 0 aromatic heterocycles. The lowest BCUT2D eigenvalue weighted by atomic mass is 9.99. The number of likely N-dealkylation sites (tertiary alicyclic amines) is 1. The second kappa shape index (κ2) is 4.35. The van der Waals surface area contributed by atoms with Crippen LogP contribution < -0.4 is 0 Å². The zero-order valence-electron chi connectivity index (χ0n) is 8.67. The van der Waals surface area contributed by atoms with Gasteiger partial charge in [0.1, 0.15) is 0 Å². The minimum atomic E-state index is -2.45. The summed E-state index contributed by atoms with van der Waals surface area (Å²) in [6.07, 6.45) is -2.45. The van der Waals surface area contributed by atoms with Gasteiger partial charge < -0.3 is 4.90 Å². The summed E-state index contributed by atoms with van der Waals surface area (Å²) in [5.74, 6) is -3.54. The second-order valence-electron chi connectivity index (χ2n) is 3.93. The molecule has 1 aliphatic rings. The molecule has 0 radical (unpaired) electrons. The van der Waals surface area contributed by atoms with E-state index in [-0.39, 0.29) is 18.7 Å². The van der Waals surface area contributed by atoms with Crippen LogP contribution in [0, 0.1) is 17.6 Å². The Labute approximate surface area is 94.8 Å². The van der Waals surface area contributed by atoms with E-state index in [2.05, 4.69) is 0 Å². The van der Waals surface area contributed by atoms with Gasteiger partial charge in [-0.2, -0.15) is 0 Å². The third kappa shape index (κ3) is 2.25. The Bertz CT molecular complexity index is 443. The Morgan fingerprint density at radius 1 is 1.24 bits per heavy atom. The van der Waals surface area contributed by atoms with E-state index >= 15 is 0 Å². The van der Waals surface area contributed by atoms with Crippen LogP contribution in [0.4, 0.5) is 17.6 Å². The van der Waals surface area contributed by atoms with Gasteiger partial charge in [-0.3, -0.25) is 4.79 Å². The van der Waals surface area contributed by atoms with Gasteiger partial charge in [0.05, 0.1) is 5.92 Å². The summed E-state index contributed by atoms with van der Waals surface area (Å²) in [6.45, 7) is -0.0923. The van der Waals surface area contributed by atoms with Gasteiger partial charge >= 0.3 is 0 Å². The first-order valence-corrected chi connectivity index (χ1v) is 5.01. The highest BCUT2D eigenvalue weighted by molar-refractivity contribution is 5.94. The lowest BCUT2D eigenvalue weighted by Crippen LogP contribution is -2.52. The molecular weight excluding hydrogens is 238 g/mol. The molecule has 1 heterocycles. The van der Waals surface area contributed by atoms with E-state index in [0.717, 1.165) is 18.2 Å². The third-order valence-corrected chi connectivity index (χ3v) is 2.72. The number of halogens is 4. The van der Waals surface area contributed by atoms with Crippen molar-refractivity contribution in [2.24, 2.45) is 5.92 Å². The predicted octanol–water partition coefficient (Wildman–Crippen LogP) is 2.30. The molecule has 6 heteroatoms. The average molecular weight is 247 g/mol. The molecule has 0 aliphatic carbocycles. The molecule has 17 heavy (non-hydrogen) atoms. The fourth-order valence-electron chi connectivity index (χ4n) is 1.65. The number of carbonyl (C=O) groups is 1. The van der Waals surface area contributed by atoms with Crippen LogP contribution in [0.1, 0.15) is 10.4 Å². The molecule has 0 saturated carbocycles. The molecule has 1 fully saturated rings. The van der Waals surface area contributed by atoms with Crippen LogP contribution >= 0.6 is 0 Å². The van der Waals surface area contributed by atoms with Crippen LogP contribution in [0.5, 0.6) is 0 Å². The van der Waals surface area contributed by atoms with E-state index in [9.17, 15) is 22.4 Å². The summed E-state index contributed by atoms with van der Waals surface area (Å²) in [5.41, 5.74) is -0.0309. The highest BCUT2D eigenvalue weighted by atomic mass is 19.3. The fraction of sp³-hybridized carbons (Fsp3) is 0.364. The first-order chi connectivity index (χ1) is 7.99. The molecule has 0 spiro atoms. The van der Waals surface area contributed by atoms with Gasteiger partial charge in [-0.05, 0) is 18.2 Å². The Morgan fingerprint density at radius 3 is 2.41 bits per heavy atom. The largest absolute Gasteiger partial charge is 0.338 e. The smallest absolute Gasteiger partial charge is 0.253 e. The van der Waals surface area contributed by atoms with E-state index < -0.39 is 29.9 Å².